The van der Waals surface area contributed by atoms with Crippen LogP contribution < -0.4 is 10.3 Å². The summed E-state index contributed by atoms with van der Waals surface area (Å²) in [5.74, 6) is 0.169. The Morgan fingerprint density at radius 2 is 1.86 bits per heavy atom. The fourth-order valence-corrected chi connectivity index (χ4v) is 4.00. The van der Waals surface area contributed by atoms with Crippen LogP contribution in [0.2, 0.25) is 0 Å². The van der Waals surface area contributed by atoms with E-state index in [0.717, 1.165) is 21.3 Å². The third-order valence-electron chi connectivity index (χ3n) is 3.76. The second kappa shape index (κ2) is 5.57. The first kappa shape index (κ1) is 14.8. The molecule has 5 heteroatoms. The van der Waals surface area contributed by atoms with Gasteiger partial charge in [0, 0.05) is 18.1 Å². The molecule has 4 nitrogen and oxygen atoms in total. The summed E-state index contributed by atoms with van der Waals surface area (Å²) in [7, 11) is 0. The largest absolute Gasteiger partial charge is 0.423 e. The maximum Gasteiger partial charge on any atom is 0.308 e. The van der Waals surface area contributed by atoms with Gasteiger partial charge in [-0.2, -0.15) is 0 Å². The van der Waals surface area contributed by atoms with Crippen molar-refractivity contribution in [3.63, 3.8) is 0 Å². The molecule has 0 spiro atoms. The van der Waals surface area contributed by atoms with E-state index in [1.54, 1.807) is 4.40 Å². The van der Waals surface area contributed by atoms with Crippen molar-refractivity contribution >= 4 is 32.4 Å². The van der Waals surface area contributed by atoms with E-state index >= 15 is 0 Å². The van der Waals surface area contributed by atoms with Gasteiger partial charge in [-0.1, -0.05) is 26.0 Å². The van der Waals surface area contributed by atoms with Crippen LogP contribution in [0.15, 0.2) is 29.1 Å². The van der Waals surface area contributed by atoms with E-state index < -0.39 is 0 Å². The number of fused-ring (bicyclic) bond motifs is 3. The van der Waals surface area contributed by atoms with E-state index in [-0.39, 0.29) is 11.5 Å². The SMILES string of the molecule is CCc1c(CC)c(=O)n2c(sc3ccccc32)c1OC(C)=O. The molecular formula is C17H17NO3S. The molecule has 0 bridgehead atoms. The maximum absolute atomic E-state index is 12.9. The van der Waals surface area contributed by atoms with Crippen LogP contribution in [0, 0.1) is 0 Å². The Morgan fingerprint density at radius 1 is 1.18 bits per heavy atom. The molecule has 0 saturated heterocycles. The third-order valence-corrected chi connectivity index (χ3v) is 4.89. The summed E-state index contributed by atoms with van der Waals surface area (Å²) in [6.45, 7) is 5.32. The Kier molecular flexibility index (Phi) is 3.74. The molecule has 0 amide bonds. The van der Waals surface area contributed by atoms with Crippen molar-refractivity contribution in [2.24, 2.45) is 0 Å². The maximum atomic E-state index is 12.9. The lowest BCUT2D eigenvalue weighted by Gasteiger charge is -2.13. The first-order valence-electron chi connectivity index (χ1n) is 7.34. The zero-order valence-electron chi connectivity index (χ0n) is 12.8. The zero-order chi connectivity index (χ0) is 15.9. The van der Waals surface area contributed by atoms with Gasteiger partial charge >= 0.3 is 5.97 Å². The highest BCUT2D eigenvalue weighted by Gasteiger charge is 2.21. The molecule has 2 heterocycles. The van der Waals surface area contributed by atoms with Crippen molar-refractivity contribution in [2.75, 3.05) is 0 Å². The van der Waals surface area contributed by atoms with Crippen molar-refractivity contribution in [3.05, 3.63) is 45.7 Å². The molecular weight excluding hydrogens is 298 g/mol. The highest BCUT2D eigenvalue weighted by atomic mass is 32.1. The average molecular weight is 315 g/mol. The lowest BCUT2D eigenvalue weighted by atomic mass is 10.0. The van der Waals surface area contributed by atoms with Crippen LogP contribution in [0.25, 0.3) is 15.0 Å². The van der Waals surface area contributed by atoms with Gasteiger partial charge in [-0.25, -0.2) is 0 Å². The minimum Gasteiger partial charge on any atom is -0.423 e. The van der Waals surface area contributed by atoms with E-state index in [9.17, 15) is 9.59 Å². The monoisotopic (exact) mass is 315 g/mol. The number of ether oxygens (including phenoxy) is 1. The molecule has 0 aliphatic heterocycles. The summed E-state index contributed by atoms with van der Waals surface area (Å²) in [6, 6.07) is 7.74. The Labute approximate surface area is 132 Å². The number of para-hydroxylation sites is 1. The number of thiazole rings is 1. The number of aromatic nitrogens is 1. The Bertz CT molecular complexity index is 936. The smallest absolute Gasteiger partial charge is 0.308 e. The average Bonchev–Trinajstić information content (AvgIpc) is 2.89. The van der Waals surface area contributed by atoms with Gasteiger partial charge in [0.15, 0.2) is 5.75 Å². The Hall–Kier alpha value is -2.14. The number of esters is 1. The zero-order valence-corrected chi connectivity index (χ0v) is 13.6. The summed E-state index contributed by atoms with van der Waals surface area (Å²) in [6.07, 6.45) is 1.27. The van der Waals surface area contributed by atoms with Gasteiger partial charge in [-0.3, -0.25) is 14.0 Å². The van der Waals surface area contributed by atoms with Crippen molar-refractivity contribution < 1.29 is 9.53 Å². The summed E-state index contributed by atoms with van der Waals surface area (Å²) < 4.78 is 8.17. The molecule has 0 radical (unpaired) electrons. The van der Waals surface area contributed by atoms with Crippen molar-refractivity contribution in [3.8, 4) is 5.75 Å². The van der Waals surface area contributed by atoms with Crippen molar-refractivity contribution in [1.82, 2.24) is 4.40 Å². The van der Waals surface area contributed by atoms with Crippen molar-refractivity contribution in [2.45, 2.75) is 33.6 Å². The third kappa shape index (κ3) is 2.13. The molecule has 0 saturated carbocycles. The van der Waals surface area contributed by atoms with Crippen LogP contribution in [0.5, 0.6) is 5.75 Å². The van der Waals surface area contributed by atoms with Gasteiger partial charge in [-0.15, -0.1) is 11.3 Å². The summed E-state index contributed by atoms with van der Waals surface area (Å²) in [4.78, 5) is 25.1. The number of benzene rings is 1. The fourth-order valence-electron chi connectivity index (χ4n) is 2.85. The quantitative estimate of drug-likeness (QED) is 0.694. The molecule has 1 aromatic carbocycles. The first-order chi connectivity index (χ1) is 10.6. The molecule has 0 fully saturated rings. The lowest BCUT2D eigenvalue weighted by Crippen LogP contribution is -2.21. The van der Waals surface area contributed by atoms with E-state index in [1.807, 2.05) is 38.1 Å². The van der Waals surface area contributed by atoms with Gasteiger partial charge in [0.2, 0.25) is 0 Å². The number of hydrogen-bond acceptors (Lipinski definition) is 4. The van der Waals surface area contributed by atoms with Gasteiger partial charge in [0.1, 0.15) is 4.83 Å². The molecule has 114 valence electrons. The molecule has 0 unspecified atom stereocenters. The normalized spacial score (nSPS) is 11.2. The topological polar surface area (TPSA) is 47.8 Å². The first-order valence-corrected chi connectivity index (χ1v) is 8.16. The van der Waals surface area contributed by atoms with E-state index in [2.05, 4.69) is 0 Å². The Balaban J connectivity index is 2.55. The minimum absolute atomic E-state index is 0.0114. The Morgan fingerprint density at radius 3 is 2.50 bits per heavy atom. The van der Waals surface area contributed by atoms with Crippen LogP contribution in [-0.4, -0.2) is 10.4 Å². The minimum atomic E-state index is -0.366. The fraction of sp³-hybridized carbons (Fsp3) is 0.294. The standard InChI is InChI=1S/C17H17NO3S/c1-4-11-12(5-2)16(20)18-13-8-6-7-9-14(13)22-17(18)15(11)21-10(3)19/h6-9H,4-5H2,1-3H3. The predicted molar refractivity (Wildman–Crippen MR) is 89.1 cm³/mol. The van der Waals surface area contributed by atoms with Gasteiger partial charge in [0.25, 0.3) is 5.56 Å². The molecule has 0 N–H and O–H groups in total. The number of nitrogens with zero attached hydrogens (tertiary/aromatic N) is 1. The number of carbonyl (C=O) groups is 1. The van der Waals surface area contributed by atoms with E-state index in [4.69, 9.17) is 4.74 Å². The number of pyridine rings is 1. The molecule has 3 aromatic rings. The van der Waals surface area contributed by atoms with Crippen LogP contribution in [0.3, 0.4) is 0 Å². The number of hydrogen-bond donors (Lipinski definition) is 0. The molecule has 0 aliphatic rings. The summed E-state index contributed by atoms with van der Waals surface area (Å²) in [5, 5.41) is 0. The van der Waals surface area contributed by atoms with E-state index in [1.165, 1.54) is 18.3 Å². The molecule has 2 aromatic heterocycles. The van der Waals surface area contributed by atoms with Crippen LogP contribution in [0.1, 0.15) is 31.9 Å². The second-order valence-corrected chi connectivity index (χ2v) is 6.13. The van der Waals surface area contributed by atoms with Gasteiger partial charge in [0.05, 0.1) is 10.2 Å². The lowest BCUT2D eigenvalue weighted by molar-refractivity contribution is -0.131. The molecule has 3 rings (SSSR count). The van der Waals surface area contributed by atoms with Gasteiger partial charge in [-0.05, 0) is 25.0 Å². The molecule has 0 atom stereocenters. The summed E-state index contributed by atoms with van der Waals surface area (Å²) in [5.41, 5.74) is 2.41. The van der Waals surface area contributed by atoms with Crippen LogP contribution >= 0.6 is 11.3 Å². The highest BCUT2D eigenvalue weighted by Crippen LogP contribution is 2.35. The summed E-state index contributed by atoms with van der Waals surface area (Å²) >= 11 is 1.48. The molecule has 22 heavy (non-hydrogen) atoms. The highest BCUT2D eigenvalue weighted by molar-refractivity contribution is 7.24. The van der Waals surface area contributed by atoms with Crippen LogP contribution in [-0.2, 0) is 17.6 Å². The number of carbonyl (C=O) groups excluding carboxylic acids is 1. The molecule has 0 aliphatic carbocycles. The second-order valence-electron chi connectivity index (χ2n) is 5.10. The van der Waals surface area contributed by atoms with Gasteiger partial charge < -0.3 is 4.74 Å². The van der Waals surface area contributed by atoms with Crippen molar-refractivity contribution in [1.29, 1.82) is 0 Å². The number of rotatable bonds is 3. The predicted octanol–water partition coefficient (Wildman–Crippen LogP) is 3.56. The van der Waals surface area contributed by atoms with Crippen LogP contribution in [0.4, 0.5) is 0 Å². The van der Waals surface area contributed by atoms with E-state index in [0.29, 0.717) is 23.4 Å².